The van der Waals surface area contributed by atoms with E-state index in [1.165, 1.54) is 24.2 Å². The maximum atomic E-state index is 10.9. The molecule has 1 fully saturated rings. The normalized spacial score (nSPS) is 14.9. The Morgan fingerprint density at radius 1 is 1.33 bits per heavy atom. The van der Waals surface area contributed by atoms with E-state index in [-0.39, 0.29) is 6.42 Å². The molecule has 1 aliphatic rings. The molecule has 1 aromatic heterocycles. The summed E-state index contributed by atoms with van der Waals surface area (Å²) in [5.41, 5.74) is 1.61. The fourth-order valence-corrected chi connectivity index (χ4v) is 4.51. The Kier molecular flexibility index (Phi) is 5.64. The molecule has 0 aliphatic heterocycles. The zero-order chi connectivity index (χ0) is 17.1. The highest BCUT2D eigenvalue weighted by molar-refractivity contribution is 7.14. The van der Waals surface area contributed by atoms with Crippen LogP contribution in [0.5, 0.6) is 0 Å². The molecule has 0 bridgehead atoms. The van der Waals surface area contributed by atoms with Crippen molar-refractivity contribution in [3.63, 3.8) is 0 Å². The lowest BCUT2D eigenvalue weighted by Crippen LogP contribution is -2.37. The average Bonchev–Trinajstić information content (AvgIpc) is 3.19. The van der Waals surface area contributed by atoms with Crippen LogP contribution in [0, 0.1) is 0 Å². The number of thiazole rings is 1. The summed E-state index contributed by atoms with van der Waals surface area (Å²) in [5.74, 6) is -1.03. The van der Waals surface area contributed by atoms with E-state index in [0.717, 1.165) is 29.2 Å². The van der Waals surface area contributed by atoms with Crippen molar-refractivity contribution >= 4 is 45.6 Å². The highest BCUT2D eigenvalue weighted by Crippen LogP contribution is 2.36. The minimum Gasteiger partial charge on any atom is -0.550 e. The van der Waals surface area contributed by atoms with Crippen LogP contribution in [-0.2, 0) is 4.79 Å². The molecule has 1 saturated carbocycles. The molecule has 1 aromatic carbocycles. The zero-order valence-electron chi connectivity index (χ0n) is 13.0. The minimum absolute atomic E-state index is 0.00706. The summed E-state index contributed by atoms with van der Waals surface area (Å²) in [6, 6.07) is 5.68. The number of aromatic nitrogens is 1. The molecule has 4 nitrogen and oxygen atoms in total. The van der Waals surface area contributed by atoms with Crippen LogP contribution in [0.15, 0.2) is 23.6 Å². The molecular weight excluding hydrogens is 367 g/mol. The van der Waals surface area contributed by atoms with Gasteiger partial charge in [-0.2, -0.15) is 0 Å². The van der Waals surface area contributed by atoms with Crippen molar-refractivity contribution in [1.29, 1.82) is 0 Å². The van der Waals surface area contributed by atoms with E-state index in [1.807, 2.05) is 11.4 Å². The first-order valence-corrected chi connectivity index (χ1v) is 9.55. The highest BCUT2D eigenvalue weighted by atomic mass is 35.5. The number of halogens is 2. The van der Waals surface area contributed by atoms with Gasteiger partial charge < -0.3 is 14.8 Å². The molecule has 2 aromatic rings. The monoisotopic (exact) mass is 383 g/mol. The highest BCUT2D eigenvalue weighted by Gasteiger charge is 2.25. The third-order valence-electron chi connectivity index (χ3n) is 4.27. The van der Waals surface area contributed by atoms with Crippen LogP contribution in [0.2, 0.25) is 10.0 Å². The van der Waals surface area contributed by atoms with Crippen LogP contribution in [0.1, 0.15) is 32.1 Å². The van der Waals surface area contributed by atoms with Crippen molar-refractivity contribution in [2.75, 3.05) is 11.4 Å². The topological polar surface area (TPSA) is 56.3 Å². The van der Waals surface area contributed by atoms with Crippen molar-refractivity contribution in [3.05, 3.63) is 33.6 Å². The second-order valence-electron chi connectivity index (χ2n) is 5.89. The largest absolute Gasteiger partial charge is 0.550 e. The molecule has 128 valence electrons. The van der Waals surface area contributed by atoms with Crippen LogP contribution in [0.3, 0.4) is 0 Å². The number of anilines is 1. The number of carboxylic acids is 1. The quantitative estimate of drug-likeness (QED) is 0.755. The summed E-state index contributed by atoms with van der Waals surface area (Å²) in [4.78, 5) is 17.7. The summed E-state index contributed by atoms with van der Waals surface area (Å²) in [5, 5.41) is 14.8. The van der Waals surface area contributed by atoms with E-state index < -0.39 is 5.97 Å². The number of carbonyl (C=O) groups excluding carboxylic acids is 1. The number of rotatable bonds is 6. The maximum absolute atomic E-state index is 10.9. The second-order valence-corrected chi connectivity index (χ2v) is 7.57. The third-order valence-corrected chi connectivity index (χ3v) is 5.69. The van der Waals surface area contributed by atoms with Crippen molar-refractivity contribution in [3.8, 4) is 11.3 Å². The summed E-state index contributed by atoms with van der Waals surface area (Å²) in [6.07, 6.45) is 4.50. The summed E-state index contributed by atoms with van der Waals surface area (Å²) < 4.78 is 0. The number of benzene rings is 1. The van der Waals surface area contributed by atoms with E-state index in [9.17, 15) is 9.90 Å². The maximum Gasteiger partial charge on any atom is 0.186 e. The molecule has 0 radical (unpaired) electrons. The SMILES string of the molecule is O=C([O-])CCN(c1nc(-c2ccc(Cl)cc2Cl)cs1)C1CCCC1. The smallest absolute Gasteiger partial charge is 0.186 e. The molecule has 1 heterocycles. The van der Waals surface area contributed by atoms with Gasteiger partial charge in [0.15, 0.2) is 5.13 Å². The van der Waals surface area contributed by atoms with E-state index in [0.29, 0.717) is 22.6 Å². The molecule has 3 rings (SSSR count). The predicted molar refractivity (Wildman–Crippen MR) is 96.8 cm³/mol. The van der Waals surface area contributed by atoms with E-state index in [2.05, 4.69) is 4.90 Å². The second kappa shape index (κ2) is 7.72. The van der Waals surface area contributed by atoms with Gasteiger partial charge in [0.05, 0.1) is 10.7 Å². The molecule has 0 N–H and O–H groups in total. The Bertz CT molecular complexity index is 729. The van der Waals surface area contributed by atoms with Gasteiger partial charge in [0.2, 0.25) is 0 Å². The molecule has 7 heteroatoms. The Balaban J connectivity index is 1.86. The van der Waals surface area contributed by atoms with Gasteiger partial charge in [0.25, 0.3) is 0 Å². The predicted octanol–water partition coefficient (Wildman–Crippen LogP) is 4.01. The summed E-state index contributed by atoms with van der Waals surface area (Å²) in [7, 11) is 0. The fourth-order valence-electron chi connectivity index (χ4n) is 3.08. The minimum atomic E-state index is -1.03. The van der Waals surface area contributed by atoms with Gasteiger partial charge in [-0.05, 0) is 31.0 Å². The van der Waals surface area contributed by atoms with Gasteiger partial charge in [-0.3, -0.25) is 0 Å². The van der Waals surface area contributed by atoms with Crippen molar-refractivity contribution in [2.24, 2.45) is 0 Å². The van der Waals surface area contributed by atoms with Gasteiger partial charge >= 0.3 is 0 Å². The first-order valence-electron chi connectivity index (χ1n) is 7.92. The molecule has 0 amide bonds. The van der Waals surface area contributed by atoms with Crippen LogP contribution in [-0.4, -0.2) is 23.5 Å². The first kappa shape index (κ1) is 17.5. The molecule has 0 unspecified atom stereocenters. The average molecular weight is 384 g/mol. The standard InChI is InChI=1S/C17H18Cl2N2O2S/c18-11-5-6-13(14(19)9-11)15-10-24-17(20-15)21(8-7-16(22)23)12-3-1-2-4-12/h5-6,9-10,12H,1-4,7-8H2,(H,22,23)/p-1. The molecule has 0 spiro atoms. The lowest BCUT2D eigenvalue weighted by Gasteiger charge is -2.28. The zero-order valence-corrected chi connectivity index (χ0v) is 15.3. The molecule has 1 aliphatic carbocycles. The lowest BCUT2D eigenvalue weighted by atomic mass is 10.2. The third kappa shape index (κ3) is 4.02. The van der Waals surface area contributed by atoms with E-state index in [4.69, 9.17) is 28.2 Å². The van der Waals surface area contributed by atoms with E-state index in [1.54, 1.807) is 12.1 Å². The number of aliphatic carboxylic acids is 1. The fraction of sp³-hybridized carbons (Fsp3) is 0.412. The number of carbonyl (C=O) groups is 1. The van der Waals surface area contributed by atoms with Crippen molar-refractivity contribution < 1.29 is 9.90 Å². The Labute approximate surface area is 155 Å². The van der Waals surface area contributed by atoms with Crippen LogP contribution in [0.25, 0.3) is 11.3 Å². The molecule has 0 saturated heterocycles. The van der Waals surface area contributed by atoms with Crippen molar-refractivity contribution in [2.45, 2.75) is 38.1 Å². The number of hydrogen-bond donors (Lipinski definition) is 0. The van der Waals surface area contributed by atoms with Crippen LogP contribution >= 0.6 is 34.5 Å². The lowest BCUT2D eigenvalue weighted by molar-refractivity contribution is -0.305. The molecule has 0 atom stereocenters. The number of carboxylic acid groups (broad SMARTS) is 1. The first-order chi connectivity index (χ1) is 11.5. The van der Waals surface area contributed by atoms with E-state index >= 15 is 0 Å². The van der Waals surface area contributed by atoms with Gasteiger partial charge in [-0.1, -0.05) is 36.0 Å². The Morgan fingerprint density at radius 2 is 2.08 bits per heavy atom. The number of nitrogens with zero attached hydrogens (tertiary/aromatic N) is 2. The van der Waals surface area contributed by atoms with Crippen LogP contribution in [0.4, 0.5) is 5.13 Å². The molecular formula is C17H17Cl2N2O2S-. The Hall–Kier alpha value is -1.30. The van der Waals surface area contributed by atoms with Crippen molar-refractivity contribution in [1.82, 2.24) is 4.98 Å². The molecule has 24 heavy (non-hydrogen) atoms. The van der Waals surface area contributed by atoms with Gasteiger partial charge in [0.1, 0.15) is 0 Å². The summed E-state index contributed by atoms with van der Waals surface area (Å²) in [6.45, 7) is 0.425. The van der Waals surface area contributed by atoms with Gasteiger partial charge in [0, 0.05) is 40.9 Å². The van der Waals surface area contributed by atoms with Gasteiger partial charge in [-0.25, -0.2) is 4.98 Å². The van der Waals surface area contributed by atoms with Gasteiger partial charge in [-0.15, -0.1) is 11.3 Å². The van der Waals surface area contributed by atoms with Crippen LogP contribution < -0.4 is 10.0 Å². The Morgan fingerprint density at radius 3 is 2.75 bits per heavy atom. The summed E-state index contributed by atoms with van der Waals surface area (Å²) >= 11 is 13.7. The number of hydrogen-bond acceptors (Lipinski definition) is 5.